The molecule has 8 heteroatoms. The van der Waals surface area contributed by atoms with Crippen molar-refractivity contribution < 1.29 is 26.8 Å². The van der Waals surface area contributed by atoms with Crippen LogP contribution in [0.2, 0.25) is 0 Å². The predicted octanol–water partition coefficient (Wildman–Crippen LogP) is 4.84. The molecule has 0 heterocycles. The van der Waals surface area contributed by atoms with Gasteiger partial charge in [-0.2, -0.15) is 18.4 Å². The van der Waals surface area contributed by atoms with Crippen LogP contribution in [0.15, 0.2) is 29.6 Å². The fourth-order valence-electron chi connectivity index (χ4n) is 1.62. The Bertz CT molecular complexity index is 608. The van der Waals surface area contributed by atoms with Crippen molar-refractivity contribution in [2.75, 3.05) is 13.2 Å². The highest BCUT2D eigenvalue weighted by molar-refractivity contribution is 7.59. The molecule has 0 N–H and O–H groups in total. The van der Waals surface area contributed by atoms with Crippen molar-refractivity contribution in [3.63, 3.8) is 0 Å². The lowest BCUT2D eigenvalue weighted by Crippen LogP contribution is -2.04. The summed E-state index contributed by atoms with van der Waals surface area (Å²) in [5, 5.41) is 8.88. The fourth-order valence-corrected chi connectivity index (χ4v) is 3.08. The van der Waals surface area contributed by atoms with Crippen LogP contribution in [0.3, 0.4) is 0 Å². The molecule has 1 aromatic rings. The molecule has 22 heavy (non-hydrogen) atoms. The van der Waals surface area contributed by atoms with Gasteiger partial charge in [0.1, 0.15) is 11.4 Å². The van der Waals surface area contributed by atoms with Crippen LogP contribution in [-0.4, -0.2) is 13.2 Å². The van der Waals surface area contributed by atoms with Gasteiger partial charge < -0.3 is 9.05 Å². The second kappa shape index (κ2) is 7.59. The second-order valence-corrected chi connectivity index (χ2v) is 6.09. The summed E-state index contributed by atoms with van der Waals surface area (Å²) in [6.07, 6.45) is -3.24. The van der Waals surface area contributed by atoms with Gasteiger partial charge in [0.15, 0.2) is 0 Å². The van der Waals surface area contributed by atoms with E-state index in [0.717, 1.165) is 12.1 Å². The predicted molar refractivity (Wildman–Crippen MR) is 75.9 cm³/mol. The van der Waals surface area contributed by atoms with Gasteiger partial charge in [0, 0.05) is 0 Å². The number of halogens is 3. The summed E-state index contributed by atoms with van der Waals surface area (Å²) in [6, 6.07) is 5.86. The van der Waals surface area contributed by atoms with Gasteiger partial charge in [-0.1, -0.05) is 12.1 Å². The van der Waals surface area contributed by atoms with Gasteiger partial charge in [-0.15, -0.1) is 0 Å². The Hall–Kier alpha value is -1.61. The van der Waals surface area contributed by atoms with Crippen LogP contribution in [0.5, 0.6) is 0 Å². The van der Waals surface area contributed by atoms with Crippen molar-refractivity contribution in [2.24, 2.45) is 0 Å². The van der Waals surface area contributed by atoms with Gasteiger partial charge in [-0.05, 0) is 37.6 Å². The zero-order valence-electron chi connectivity index (χ0n) is 12.1. The van der Waals surface area contributed by atoms with E-state index in [4.69, 9.17) is 14.3 Å². The van der Waals surface area contributed by atoms with Crippen LogP contribution >= 0.6 is 7.60 Å². The lowest BCUT2D eigenvalue weighted by atomic mass is 10.1. The van der Waals surface area contributed by atoms with Gasteiger partial charge in [-0.25, -0.2) is 0 Å². The summed E-state index contributed by atoms with van der Waals surface area (Å²) >= 11 is 0. The summed E-state index contributed by atoms with van der Waals surface area (Å²) < 4.78 is 60.0. The van der Waals surface area contributed by atoms with E-state index >= 15 is 0 Å². The van der Waals surface area contributed by atoms with E-state index in [1.807, 2.05) is 0 Å². The molecule has 0 radical (unpaired) electrons. The standard InChI is InChI=1S/C14H15F3NO3P/c1-3-20-22(19,21-4-2)13(10-18)9-11-5-7-12(8-6-11)14(15,16)17/h5-9H,3-4H2,1-2H3. The molecule has 4 nitrogen and oxygen atoms in total. The van der Waals surface area contributed by atoms with Crippen LogP contribution in [0.4, 0.5) is 13.2 Å². The maximum Gasteiger partial charge on any atom is 0.416 e. The molecule has 1 aromatic carbocycles. The largest absolute Gasteiger partial charge is 0.416 e. The third kappa shape index (κ3) is 4.70. The smallest absolute Gasteiger partial charge is 0.305 e. The molecule has 0 aliphatic carbocycles. The molecule has 0 aliphatic heterocycles. The van der Waals surface area contributed by atoms with Crippen molar-refractivity contribution in [1.82, 2.24) is 0 Å². The lowest BCUT2D eigenvalue weighted by Gasteiger charge is -2.15. The Kier molecular flexibility index (Phi) is 6.36. The number of hydrogen-bond donors (Lipinski definition) is 0. The lowest BCUT2D eigenvalue weighted by molar-refractivity contribution is -0.137. The van der Waals surface area contributed by atoms with Crippen molar-refractivity contribution in [1.29, 1.82) is 5.26 Å². The van der Waals surface area contributed by atoms with Gasteiger partial charge in [0.25, 0.3) is 0 Å². The van der Waals surface area contributed by atoms with Crippen molar-refractivity contribution in [3.05, 3.63) is 40.7 Å². The second-order valence-electron chi connectivity index (χ2n) is 4.09. The SMILES string of the molecule is CCOP(=O)(OCC)C(C#N)=Cc1ccc(C(F)(F)F)cc1. The average Bonchev–Trinajstić information content (AvgIpc) is 2.44. The summed E-state index contributed by atoms with van der Waals surface area (Å²) in [5.41, 5.74) is -0.509. The topological polar surface area (TPSA) is 59.3 Å². The zero-order chi connectivity index (χ0) is 16.8. The fraction of sp³-hybridized carbons (Fsp3) is 0.357. The van der Waals surface area contributed by atoms with Crippen LogP contribution in [0, 0.1) is 11.3 Å². The number of rotatable bonds is 6. The van der Waals surface area contributed by atoms with Crippen molar-refractivity contribution >= 4 is 13.7 Å². The average molecular weight is 333 g/mol. The number of alkyl halides is 3. The molecule has 0 aromatic heterocycles. The molecule has 0 spiro atoms. The van der Waals surface area contributed by atoms with E-state index in [1.54, 1.807) is 19.9 Å². The summed E-state index contributed by atoms with van der Waals surface area (Å²) in [4.78, 5) is 0. The molecule has 0 saturated carbocycles. The first-order chi connectivity index (χ1) is 10.3. The molecule has 0 fully saturated rings. The Morgan fingerprint density at radius 2 is 1.73 bits per heavy atom. The molecule has 0 saturated heterocycles. The molecule has 0 aliphatic rings. The maximum absolute atomic E-state index is 12.5. The first-order valence-electron chi connectivity index (χ1n) is 6.45. The van der Waals surface area contributed by atoms with Gasteiger partial charge in [0.2, 0.25) is 0 Å². The highest BCUT2D eigenvalue weighted by Gasteiger charge is 2.31. The number of nitrogens with zero attached hydrogens (tertiary/aromatic N) is 1. The maximum atomic E-state index is 12.5. The first-order valence-corrected chi connectivity index (χ1v) is 7.99. The summed E-state index contributed by atoms with van der Waals surface area (Å²) in [5.74, 6) is 0. The van der Waals surface area contributed by atoms with E-state index in [0.29, 0.717) is 5.56 Å². The summed E-state index contributed by atoms with van der Waals surface area (Å²) in [6.45, 7) is 3.34. The molecule has 0 unspecified atom stereocenters. The molecular formula is C14H15F3NO3P. The van der Waals surface area contributed by atoms with Crippen LogP contribution < -0.4 is 0 Å². The number of hydrogen-bond acceptors (Lipinski definition) is 4. The first kappa shape index (κ1) is 18.4. The van der Waals surface area contributed by atoms with E-state index < -0.39 is 19.3 Å². The van der Waals surface area contributed by atoms with Crippen LogP contribution in [0.25, 0.3) is 6.08 Å². The molecule has 0 amide bonds. The Balaban J connectivity index is 3.16. The van der Waals surface area contributed by atoms with Gasteiger partial charge in [0.05, 0.1) is 18.8 Å². The minimum absolute atomic E-state index is 0.0727. The highest BCUT2D eigenvalue weighted by Crippen LogP contribution is 2.56. The van der Waals surface area contributed by atoms with Crippen LogP contribution in [-0.2, 0) is 19.8 Å². The molecule has 0 atom stereocenters. The normalized spacial score (nSPS) is 13.0. The minimum atomic E-state index is -4.44. The molecule has 120 valence electrons. The number of benzene rings is 1. The molecular weight excluding hydrogens is 318 g/mol. The minimum Gasteiger partial charge on any atom is -0.305 e. The monoisotopic (exact) mass is 333 g/mol. The highest BCUT2D eigenvalue weighted by atomic mass is 31.2. The Morgan fingerprint density at radius 3 is 2.09 bits per heavy atom. The van der Waals surface area contributed by atoms with Crippen molar-refractivity contribution in [3.8, 4) is 6.07 Å². The quantitative estimate of drug-likeness (QED) is 0.552. The Labute approximate surface area is 126 Å². The van der Waals surface area contributed by atoms with Gasteiger partial charge in [-0.3, -0.25) is 4.57 Å². The third-order valence-corrected chi connectivity index (χ3v) is 4.56. The van der Waals surface area contributed by atoms with E-state index in [2.05, 4.69) is 0 Å². The third-order valence-electron chi connectivity index (χ3n) is 2.55. The molecule has 0 bridgehead atoms. The van der Waals surface area contributed by atoms with E-state index in [1.165, 1.54) is 18.2 Å². The van der Waals surface area contributed by atoms with Crippen LogP contribution in [0.1, 0.15) is 25.0 Å². The van der Waals surface area contributed by atoms with E-state index in [-0.39, 0.29) is 18.5 Å². The zero-order valence-corrected chi connectivity index (χ0v) is 12.9. The van der Waals surface area contributed by atoms with Gasteiger partial charge >= 0.3 is 13.8 Å². The van der Waals surface area contributed by atoms with E-state index in [9.17, 15) is 17.7 Å². The van der Waals surface area contributed by atoms with Crippen molar-refractivity contribution in [2.45, 2.75) is 20.0 Å². The Morgan fingerprint density at radius 1 is 1.23 bits per heavy atom. The number of nitriles is 1. The summed E-state index contributed by atoms with van der Waals surface area (Å²) in [7, 11) is -3.76. The molecule has 1 rings (SSSR count). The number of allylic oxidation sites excluding steroid dienone is 1.